The van der Waals surface area contributed by atoms with E-state index in [1.165, 1.54) is 0 Å². The molecule has 0 amide bonds. The van der Waals surface area contributed by atoms with Gasteiger partial charge in [0.05, 0.1) is 17.1 Å². The van der Waals surface area contributed by atoms with Crippen molar-refractivity contribution in [2.45, 2.75) is 0 Å². The summed E-state index contributed by atoms with van der Waals surface area (Å²) in [6.07, 6.45) is 1.80. The van der Waals surface area contributed by atoms with Crippen LogP contribution in [-0.4, -0.2) is 14.6 Å². The highest BCUT2D eigenvalue weighted by molar-refractivity contribution is 5.80. The van der Waals surface area contributed by atoms with Crippen LogP contribution in [0.2, 0.25) is 0 Å². The summed E-state index contributed by atoms with van der Waals surface area (Å²) < 4.78 is 1.66. The molecule has 0 unspecified atom stereocenters. The second kappa shape index (κ2) is 3.86. The number of nitriles is 1. The van der Waals surface area contributed by atoms with E-state index in [1.807, 2.05) is 30.3 Å². The molecule has 2 N–H and O–H groups in total. The fourth-order valence-corrected chi connectivity index (χ4v) is 1.94. The van der Waals surface area contributed by atoms with E-state index in [0.29, 0.717) is 11.3 Å². The van der Waals surface area contributed by atoms with Gasteiger partial charge >= 0.3 is 0 Å². The lowest BCUT2D eigenvalue weighted by molar-refractivity contribution is 0.920. The Kier molecular flexibility index (Phi) is 2.21. The lowest BCUT2D eigenvalue weighted by atomic mass is 10.0. The van der Waals surface area contributed by atoms with E-state index >= 15 is 0 Å². The Balaban J connectivity index is 2.38. The van der Waals surface area contributed by atoms with Gasteiger partial charge in [0.25, 0.3) is 0 Å². The predicted molar refractivity (Wildman–Crippen MR) is 67.6 cm³/mol. The van der Waals surface area contributed by atoms with Crippen LogP contribution in [0.15, 0.2) is 42.6 Å². The van der Waals surface area contributed by atoms with Crippen molar-refractivity contribution in [3.63, 3.8) is 0 Å². The minimum absolute atomic E-state index is 0.182. The van der Waals surface area contributed by atoms with E-state index in [2.05, 4.69) is 16.2 Å². The molecule has 1 aromatic carbocycles. The molecule has 3 rings (SSSR count). The minimum atomic E-state index is 0.182. The largest absolute Gasteiger partial charge is 0.367 e. The maximum absolute atomic E-state index is 9.14. The molecule has 86 valence electrons. The molecule has 0 saturated heterocycles. The Morgan fingerprint density at radius 2 is 2.00 bits per heavy atom. The molecule has 0 fully saturated rings. The minimum Gasteiger partial charge on any atom is -0.367 e. The molecule has 0 radical (unpaired) electrons. The van der Waals surface area contributed by atoms with E-state index < -0.39 is 0 Å². The van der Waals surface area contributed by atoms with E-state index in [-0.39, 0.29) is 5.95 Å². The molecule has 0 bridgehead atoms. The highest BCUT2D eigenvalue weighted by atomic mass is 15.3. The molecule has 2 aromatic heterocycles. The van der Waals surface area contributed by atoms with Gasteiger partial charge in [0, 0.05) is 11.8 Å². The Bertz CT molecular complexity index is 766. The van der Waals surface area contributed by atoms with Crippen molar-refractivity contribution in [1.82, 2.24) is 14.6 Å². The molecule has 0 saturated carbocycles. The first-order chi connectivity index (χ1) is 8.79. The summed E-state index contributed by atoms with van der Waals surface area (Å²) in [5.41, 5.74) is 8.51. The zero-order valence-corrected chi connectivity index (χ0v) is 9.41. The Labute approximate surface area is 103 Å². The normalized spacial score (nSPS) is 10.4. The lowest BCUT2D eigenvalue weighted by Gasteiger charge is -2.06. The molecule has 0 aliphatic rings. The molecule has 0 atom stereocenters. The summed E-state index contributed by atoms with van der Waals surface area (Å²) >= 11 is 0. The Hall–Kier alpha value is -2.87. The lowest BCUT2D eigenvalue weighted by Crippen LogP contribution is -2.03. The van der Waals surface area contributed by atoms with Crippen LogP contribution >= 0.6 is 0 Å². The average molecular weight is 235 g/mol. The zero-order chi connectivity index (χ0) is 12.5. The van der Waals surface area contributed by atoms with Crippen LogP contribution in [0.25, 0.3) is 16.8 Å². The summed E-state index contributed by atoms with van der Waals surface area (Å²) in [5, 5.41) is 13.2. The van der Waals surface area contributed by atoms with Gasteiger partial charge in [0.2, 0.25) is 5.95 Å². The summed E-state index contributed by atoms with van der Waals surface area (Å²) in [5.74, 6) is 0.182. The molecule has 5 nitrogen and oxygen atoms in total. The van der Waals surface area contributed by atoms with Gasteiger partial charge in [-0.05, 0) is 18.2 Å². The number of anilines is 1. The topological polar surface area (TPSA) is 80.0 Å². The Morgan fingerprint density at radius 3 is 2.83 bits per heavy atom. The number of hydrogen-bond donors (Lipinski definition) is 1. The van der Waals surface area contributed by atoms with Crippen molar-refractivity contribution in [2.24, 2.45) is 0 Å². The molecule has 2 heterocycles. The number of aromatic nitrogens is 3. The van der Waals surface area contributed by atoms with Crippen molar-refractivity contribution in [3.8, 4) is 17.3 Å². The standard InChI is InChI=1S/C13H9N5/c14-8-9-4-1-2-5-10(9)12-11-6-3-7-18(11)17-13(15)16-12/h1-7H,(H2,15,17). The number of fused-ring (bicyclic) bond motifs is 1. The second-order valence-electron chi connectivity index (χ2n) is 3.81. The van der Waals surface area contributed by atoms with Crippen LogP contribution in [0.4, 0.5) is 5.95 Å². The molecule has 18 heavy (non-hydrogen) atoms. The van der Waals surface area contributed by atoms with Gasteiger partial charge < -0.3 is 5.73 Å². The highest BCUT2D eigenvalue weighted by Gasteiger charge is 2.11. The first-order valence-corrected chi connectivity index (χ1v) is 5.40. The van der Waals surface area contributed by atoms with Crippen molar-refractivity contribution >= 4 is 11.5 Å². The number of nitrogens with two attached hydrogens (primary N) is 1. The van der Waals surface area contributed by atoms with Gasteiger partial charge in [-0.2, -0.15) is 5.26 Å². The van der Waals surface area contributed by atoms with Gasteiger partial charge in [0.15, 0.2) is 0 Å². The highest BCUT2D eigenvalue weighted by Crippen LogP contribution is 2.25. The summed E-state index contributed by atoms with van der Waals surface area (Å²) in [6, 6.07) is 13.2. The summed E-state index contributed by atoms with van der Waals surface area (Å²) in [4.78, 5) is 4.25. The van der Waals surface area contributed by atoms with Gasteiger partial charge in [-0.1, -0.05) is 18.2 Å². The van der Waals surface area contributed by atoms with Crippen LogP contribution in [0, 0.1) is 11.3 Å². The third-order valence-corrected chi connectivity index (χ3v) is 2.71. The van der Waals surface area contributed by atoms with Crippen LogP contribution in [-0.2, 0) is 0 Å². The average Bonchev–Trinajstić information content (AvgIpc) is 2.85. The number of rotatable bonds is 1. The number of nitrogen functional groups attached to an aromatic ring is 1. The number of nitrogens with zero attached hydrogens (tertiary/aromatic N) is 4. The fourth-order valence-electron chi connectivity index (χ4n) is 1.94. The molecular weight excluding hydrogens is 226 g/mol. The van der Waals surface area contributed by atoms with Crippen LogP contribution in [0.3, 0.4) is 0 Å². The molecule has 5 heteroatoms. The maximum atomic E-state index is 9.14. The molecule has 3 aromatic rings. The predicted octanol–water partition coefficient (Wildman–Crippen LogP) is 1.85. The number of benzene rings is 1. The second-order valence-corrected chi connectivity index (χ2v) is 3.81. The molecule has 0 spiro atoms. The van der Waals surface area contributed by atoms with E-state index in [1.54, 1.807) is 16.8 Å². The third-order valence-electron chi connectivity index (χ3n) is 2.71. The molecular formula is C13H9N5. The van der Waals surface area contributed by atoms with Gasteiger partial charge in [-0.25, -0.2) is 9.50 Å². The van der Waals surface area contributed by atoms with Crippen molar-refractivity contribution in [1.29, 1.82) is 5.26 Å². The molecule has 0 aliphatic carbocycles. The van der Waals surface area contributed by atoms with E-state index in [0.717, 1.165) is 11.1 Å². The third kappa shape index (κ3) is 1.48. The smallest absolute Gasteiger partial charge is 0.238 e. The fraction of sp³-hybridized carbons (Fsp3) is 0. The van der Waals surface area contributed by atoms with Crippen molar-refractivity contribution in [2.75, 3.05) is 5.73 Å². The summed E-state index contributed by atoms with van der Waals surface area (Å²) in [7, 11) is 0. The number of hydrogen-bond acceptors (Lipinski definition) is 4. The molecule has 0 aliphatic heterocycles. The van der Waals surface area contributed by atoms with Crippen molar-refractivity contribution in [3.05, 3.63) is 48.2 Å². The van der Waals surface area contributed by atoms with Gasteiger partial charge in [0.1, 0.15) is 5.69 Å². The summed E-state index contributed by atoms with van der Waals surface area (Å²) in [6.45, 7) is 0. The van der Waals surface area contributed by atoms with Gasteiger partial charge in [-0.15, -0.1) is 5.10 Å². The van der Waals surface area contributed by atoms with Crippen LogP contribution in [0.5, 0.6) is 0 Å². The quantitative estimate of drug-likeness (QED) is 0.698. The first-order valence-electron chi connectivity index (χ1n) is 5.40. The van der Waals surface area contributed by atoms with Crippen LogP contribution in [0.1, 0.15) is 5.56 Å². The monoisotopic (exact) mass is 235 g/mol. The van der Waals surface area contributed by atoms with E-state index in [9.17, 15) is 0 Å². The van der Waals surface area contributed by atoms with Gasteiger partial charge in [-0.3, -0.25) is 0 Å². The Morgan fingerprint density at radius 1 is 1.17 bits per heavy atom. The maximum Gasteiger partial charge on any atom is 0.238 e. The SMILES string of the molecule is N#Cc1ccccc1-c1nc(N)nn2cccc12. The zero-order valence-electron chi connectivity index (χ0n) is 9.41. The van der Waals surface area contributed by atoms with Crippen LogP contribution < -0.4 is 5.73 Å². The first kappa shape index (κ1) is 10.3. The van der Waals surface area contributed by atoms with Crippen molar-refractivity contribution < 1.29 is 0 Å². The van der Waals surface area contributed by atoms with E-state index in [4.69, 9.17) is 11.0 Å².